The normalized spacial score (nSPS) is 14.5. The molecule has 6 nitrogen and oxygen atoms in total. The lowest BCUT2D eigenvalue weighted by Gasteiger charge is -2.37. The minimum Gasteiger partial charge on any atom is -0.494 e. The van der Waals surface area contributed by atoms with Crippen LogP contribution in [0.4, 0.5) is 0 Å². The van der Waals surface area contributed by atoms with Crippen LogP contribution in [0.25, 0.3) is 11.1 Å². The summed E-state index contributed by atoms with van der Waals surface area (Å²) in [5, 5.41) is 0. The highest BCUT2D eigenvalue weighted by molar-refractivity contribution is 5.91. The summed E-state index contributed by atoms with van der Waals surface area (Å²) >= 11 is 0. The highest BCUT2D eigenvalue weighted by Crippen LogP contribution is 2.40. The molecule has 3 aromatic rings. The number of hydrogen-bond donors (Lipinski definition) is 0. The lowest BCUT2D eigenvalue weighted by molar-refractivity contribution is -0.138. The van der Waals surface area contributed by atoms with Gasteiger partial charge in [-0.2, -0.15) is 0 Å². The third-order valence-electron chi connectivity index (χ3n) is 8.19. The largest absolute Gasteiger partial charge is 0.494 e. The molecule has 3 aromatic carbocycles. The Morgan fingerprint density at radius 3 is 2.00 bits per heavy atom. The molecule has 6 heteroatoms. The van der Waals surface area contributed by atoms with Crippen molar-refractivity contribution in [3.63, 3.8) is 0 Å². The van der Waals surface area contributed by atoms with Crippen molar-refractivity contribution < 1.29 is 28.5 Å². The Morgan fingerprint density at radius 2 is 1.30 bits per heavy atom. The van der Waals surface area contributed by atoms with Crippen molar-refractivity contribution >= 4 is 5.97 Å². The second kappa shape index (κ2) is 15.4. The van der Waals surface area contributed by atoms with Crippen molar-refractivity contribution in [2.75, 3.05) is 39.6 Å². The molecule has 0 radical (unpaired) electrons. The molecule has 1 fully saturated rings. The molecule has 2 aliphatic rings. The van der Waals surface area contributed by atoms with E-state index in [2.05, 4.69) is 32.0 Å². The quantitative estimate of drug-likeness (QED) is 0.0662. The average Bonchev–Trinajstić information content (AvgIpc) is 3.36. The number of esters is 1. The number of rotatable bonds is 18. The molecule has 0 amide bonds. The lowest BCUT2D eigenvalue weighted by Crippen LogP contribution is -2.43. The molecule has 0 spiro atoms. The van der Waals surface area contributed by atoms with E-state index < -0.39 is 0 Å². The van der Waals surface area contributed by atoms with Gasteiger partial charge in [-0.15, -0.1) is 0 Å². The molecular formula is C37H46O6. The summed E-state index contributed by atoms with van der Waals surface area (Å²) in [6.07, 6.45) is 10.2. The Balaban J connectivity index is 1.03. The molecule has 1 aliphatic carbocycles. The second-order valence-electron chi connectivity index (χ2n) is 12.3. The fourth-order valence-electron chi connectivity index (χ4n) is 5.59. The maximum atomic E-state index is 12.8. The fourth-order valence-corrected chi connectivity index (χ4v) is 5.59. The molecule has 43 heavy (non-hydrogen) atoms. The van der Waals surface area contributed by atoms with E-state index in [1.165, 1.54) is 48.8 Å². The van der Waals surface area contributed by atoms with Crippen molar-refractivity contribution in [1.29, 1.82) is 0 Å². The van der Waals surface area contributed by atoms with Crippen LogP contribution >= 0.6 is 0 Å². The predicted octanol–water partition coefficient (Wildman–Crippen LogP) is 8.43. The highest BCUT2D eigenvalue weighted by Gasteiger charge is 2.33. The Hall–Kier alpha value is -3.35. The SMILES string of the molecule is CCCCCCCCOc1ccc2c(c1)Cc1cc(OC(=O)c3ccc(OCCCCOCC4(C)COC4)cc3)ccc1-2. The lowest BCUT2D eigenvalue weighted by atomic mass is 9.90. The predicted molar refractivity (Wildman–Crippen MR) is 169 cm³/mol. The van der Waals surface area contributed by atoms with Gasteiger partial charge in [-0.3, -0.25) is 0 Å². The number of fused-ring (bicyclic) bond motifs is 3. The van der Waals surface area contributed by atoms with Crippen LogP contribution in [0.15, 0.2) is 60.7 Å². The van der Waals surface area contributed by atoms with Crippen LogP contribution in [0.1, 0.15) is 86.7 Å². The molecule has 0 N–H and O–H groups in total. The zero-order valence-electron chi connectivity index (χ0n) is 25.8. The number of hydrogen-bond acceptors (Lipinski definition) is 6. The van der Waals surface area contributed by atoms with Gasteiger partial charge >= 0.3 is 5.97 Å². The standard InChI is InChI=1S/C37H46O6/c1-3-4-5-6-7-8-20-42-32-15-17-34-29(23-32)22-30-24-33(16-18-35(30)34)43-36(38)28-11-13-31(14-12-28)41-21-10-9-19-39-25-37(2)26-40-27-37/h11-18,23-24H,3-10,19-22,25-27H2,1-2H3. The van der Waals surface area contributed by atoms with E-state index in [1.807, 2.05) is 30.3 Å². The molecule has 0 atom stereocenters. The Bertz CT molecular complexity index is 1330. The number of benzene rings is 3. The van der Waals surface area contributed by atoms with Gasteiger partial charge in [0.25, 0.3) is 0 Å². The summed E-state index contributed by atoms with van der Waals surface area (Å²) in [6, 6.07) is 19.4. The first-order valence-corrected chi connectivity index (χ1v) is 16.0. The maximum absolute atomic E-state index is 12.8. The van der Waals surface area contributed by atoms with E-state index in [9.17, 15) is 4.79 Å². The molecule has 0 saturated carbocycles. The summed E-state index contributed by atoms with van der Waals surface area (Å²) in [7, 11) is 0. The summed E-state index contributed by atoms with van der Waals surface area (Å²) < 4.78 is 28.6. The van der Waals surface area contributed by atoms with Gasteiger partial charge in [-0.05, 0) is 96.5 Å². The van der Waals surface area contributed by atoms with Gasteiger partial charge in [0.2, 0.25) is 0 Å². The molecule has 1 heterocycles. The van der Waals surface area contributed by atoms with Crippen LogP contribution < -0.4 is 14.2 Å². The van der Waals surface area contributed by atoms with Gasteiger partial charge in [-0.1, -0.05) is 58.1 Å². The maximum Gasteiger partial charge on any atom is 0.343 e. The van der Waals surface area contributed by atoms with Gasteiger partial charge in [-0.25, -0.2) is 4.79 Å². The van der Waals surface area contributed by atoms with Crippen LogP contribution in [0.5, 0.6) is 17.2 Å². The first-order chi connectivity index (χ1) is 21.0. The molecule has 0 aromatic heterocycles. The highest BCUT2D eigenvalue weighted by atomic mass is 16.5. The van der Waals surface area contributed by atoms with Crippen LogP contribution in [0.3, 0.4) is 0 Å². The Morgan fingerprint density at radius 1 is 0.721 bits per heavy atom. The summed E-state index contributed by atoms with van der Waals surface area (Å²) in [4.78, 5) is 12.8. The topological polar surface area (TPSA) is 63.2 Å². The second-order valence-corrected chi connectivity index (χ2v) is 12.3. The number of carbonyl (C=O) groups excluding carboxylic acids is 1. The van der Waals surface area contributed by atoms with Gasteiger partial charge in [0, 0.05) is 12.0 Å². The molecule has 1 aliphatic heterocycles. The minimum absolute atomic E-state index is 0.193. The molecule has 0 bridgehead atoms. The van der Waals surface area contributed by atoms with Crippen molar-refractivity contribution in [3.8, 4) is 28.4 Å². The van der Waals surface area contributed by atoms with Crippen LogP contribution in [0.2, 0.25) is 0 Å². The van der Waals surface area contributed by atoms with Crippen molar-refractivity contribution in [2.24, 2.45) is 5.41 Å². The van der Waals surface area contributed by atoms with E-state index in [0.717, 1.165) is 75.8 Å². The first-order valence-electron chi connectivity index (χ1n) is 16.0. The zero-order valence-corrected chi connectivity index (χ0v) is 25.8. The number of carbonyl (C=O) groups is 1. The minimum atomic E-state index is -0.380. The zero-order chi connectivity index (χ0) is 29.9. The molecule has 1 saturated heterocycles. The van der Waals surface area contributed by atoms with Gasteiger partial charge in [0.1, 0.15) is 17.2 Å². The van der Waals surface area contributed by atoms with Crippen LogP contribution in [0, 0.1) is 5.41 Å². The van der Waals surface area contributed by atoms with Crippen molar-refractivity contribution in [3.05, 3.63) is 77.4 Å². The first kappa shape index (κ1) is 31.1. The summed E-state index contributed by atoms with van der Waals surface area (Å²) in [6.45, 7) is 8.86. The smallest absolute Gasteiger partial charge is 0.343 e. The van der Waals surface area contributed by atoms with Gasteiger partial charge < -0.3 is 23.7 Å². The third kappa shape index (κ3) is 8.84. The number of ether oxygens (including phenoxy) is 5. The summed E-state index contributed by atoms with van der Waals surface area (Å²) in [5.41, 5.74) is 5.51. The van der Waals surface area contributed by atoms with E-state index in [4.69, 9.17) is 23.7 Å². The molecule has 230 valence electrons. The van der Waals surface area contributed by atoms with Crippen molar-refractivity contribution in [2.45, 2.75) is 71.6 Å². The molecule has 5 rings (SSSR count). The van der Waals surface area contributed by atoms with Crippen LogP contribution in [-0.2, 0) is 15.9 Å². The Kier molecular flexibility index (Phi) is 11.1. The van der Waals surface area contributed by atoms with E-state index >= 15 is 0 Å². The van der Waals surface area contributed by atoms with E-state index in [0.29, 0.717) is 17.9 Å². The van der Waals surface area contributed by atoms with Crippen molar-refractivity contribution in [1.82, 2.24) is 0 Å². The third-order valence-corrected chi connectivity index (χ3v) is 8.19. The van der Waals surface area contributed by atoms with E-state index in [-0.39, 0.29) is 11.4 Å². The van der Waals surface area contributed by atoms with Gasteiger partial charge in [0.05, 0.1) is 38.6 Å². The number of unbranched alkanes of at least 4 members (excludes halogenated alkanes) is 6. The monoisotopic (exact) mass is 586 g/mol. The van der Waals surface area contributed by atoms with Crippen LogP contribution in [-0.4, -0.2) is 45.6 Å². The molecule has 0 unspecified atom stereocenters. The Labute approximate surface area is 256 Å². The molecular weight excluding hydrogens is 540 g/mol. The van der Waals surface area contributed by atoms with Gasteiger partial charge in [0.15, 0.2) is 0 Å². The average molecular weight is 587 g/mol. The van der Waals surface area contributed by atoms with E-state index in [1.54, 1.807) is 12.1 Å². The summed E-state index contributed by atoms with van der Waals surface area (Å²) in [5.74, 6) is 1.84. The fraction of sp³-hybridized carbons (Fsp3) is 0.486.